The number of nitrogens with zero attached hydrogens (tertiary/aromatic N) is 4. The van der Waals surface area contributed by atoms with Crippen LogP contribution in [0.2, 0.25) is 0 Å². The second kappa shape index (κ2) is 6.41. The topological polar surface area (TPSA) is 43.6 Å². The summed E-state index contributed by atoms with van der Waals surface area (Å²) in [5, 5.41) is 12.7. The molecule has 0 fully saturated rings. The SMILES string of the molecule is Cc1ccc(CSc2nnnn2-c2ccc(Br)cc2)cc1. The van der Waals surface area contributed by atoms with Gasteiger partial charge in [-0.15, -0.1) is 5.10 Å². The van der Waals surface area contributed by atoms with E-state index in [0.717, 1.165) is 21.1 Å². The summed E-state index contributed by atoms with van der Waals surface area (Å²) in [7, 11) is 0. The van der Waals surface area contributed by atoms with Crippen molar-refractivity contribution in [2.75, 3.05) is 0 Å². The van der Waals surface area contributed by atoms with Gasteiger partial charge in [-0.25, -0.2) is 0 Å². The van der Waals surface area contributed by atoms with Crippen molar-refractivity contribution >= 4 is 27.7 Å². The Balaban J connectivity index is 1.76. The van der Waals surface area contributed by atoms with E-state index in [0.29, 0.717) is 0 Å². The van der Waals surface area contributed by atoms with Crippen molar-refractivity contribution in [1.29, 1.82) is 0 Å². The number of rotatable bonds is 4. The van der Waals surface area contributed by atoms with Crippen molar-refractivity contribution in [3.63, 3.8) is 0 Å². The Kier molecular flexibility index (Phi) is 4.36. The quantitative estimate of drug-likeness (QED) is 0.659. The predicted molar refractivity (Wildman–Crippen MR) is 87.6 cm³/mol. The van der Waals surface area contributed by atoms with Gasteiger partial charge in [-0.05, 0) is 47.2 Å². The highest BCUT2D eigenvalue weighted by atomic mass is 79.9. The van der Waals surface area contributed by atoms with Gasteiger partial charge in [0, 0.05) is 10.2 Å². The molecule has 0 radical (unpaired) electrons. The molecule has 1 heterocycles. The van der Waals surface area contributed by atoms with Crippen LogP contribution in [0.3, 0.4) is 0 Å². The zero-order valence-corrected chi connectivity index (χ0v) is 13.8. The molecule has 3 aromatic rings. The summed E-state index contributed by atoms with van der Waals surface area (Å²) in [5.41, 5.74) is 3.48. The fraction of sp³-hybridized carbons (Fsp3) is 0.133. The molecule has 2 aromatic carbocycles. The van der Waals surface area contributed by atoms with Crippen molar-refractivity contribution in [3.8, 4) is 5.69 Å². The third-order valence-corrected chi connectivity index (χ3v) is 4.52. The Hall–Kier alpha value is -1.66. The van der Waals surface area contributed by atoms with Crippen LogP contribution in [0.4, 0.5) is 0 Å². The number of aryl methyl sites for hydroxylation is 1. The van der Waals surface area contributed by atoms with Crippen LogP contribution in [0.15, 0.2) is 58.2 Å². The van der Waals surface area contributed by atoms with Crippen LogP contribution in [0.25, 0.3) is 5.69 Å². The van der Waals surface area contributed by atoms with E-state index in [2.05, 4.69) is 62.6 Å². The van der Waals surface area contributed by atoms with Crippen molar-refractivity contribution in [3.05, 3.63) is 64.1 Å². The van der Waals surface area contributed by atoms with Gasteiger partial charge in [-0.2, -0.15) is 4.68 Å². The lowest BCUT2D eigenvalue weighted by Gasteiger charge is -2.04. The fourth-order valence-electron chi connectivity index (χ4n) is 1.85. The molecule has 1 aromatic heterocycles. The molecular formula is C15H13BrN4S. The van der Waals surface area contributed by atoms with Gasteiger partial charge in [0.15, 0.2) is 0 Å². The summed E-state index contributed by atoms with van der Waals surface area (Å²) in [6.07, 6.45) is 0. The Bertz CT molecular complexity index is 722. The molecule has 21 heavy (non-hydrogen) atoms. The number of benzene rings is 2. The van der Waals surface area contributed by atoms with Crippen LogP contribution >= 0.6 is 27.7 Å². The zero-order valence-electron chi connectivity index (χ0n) is 11.4. The lowest BCUT2D eigenvalue weighted by Crippen LogP contribution is -1.98. The molecule has 0 N–H and O–H groups in total. The summed E-state index contributed by atoms with van der Waals surface area (Å²) in [6, 6.07) is 16.4. The minimum atomic E-state index is 0.790. The lowest BCUT2D eigenvalue weighted by molar-refractivity contribution is 0.756. The monoisotopic (exact) mass is 360 g/mol. The summed E-state index contributed by atoms with van der Waals surface area (Å²) >= 11 is 5.06. The van der Waals surface area contributed by atoms with E-state index >= 15 is 0 Å². The third-order valence-electron chi connectivity index (χ3n) is 3.00. The Morgan fingerprint density at radius 1 is 1.05 bits per heavy atom. The number of thioether (sulfide) groups is 1. The van der Waals surface area contributed by atoms with Gasteiger partial charge in [0.2, 0.25) is 5.16 Å². The second-order valence-electron chi connectivity index (χ2n) is 4.62. The molecule has 0 saturated carbocycles. The predicted octanol–water partition coefficient (Wildman–Crippen LogP) is 4.03. The van der Waals surface area contributed by atoms with Crippen LogP contribution in [-0.4, -0.2) is 20.2 Å². The van der Waals surface area contributed by atoms with Crippen LogP contribution in [0.5, 0.6) is 0 Å². The molecule has 3 rings (SSSR count). The molecule has 0 amide bonds. The van der Waals surface area contributed by atoms with Gasteiger partial charge in [-0.3, -0.25) is 0 Å². The van der Waals surface area contributed by atoms with Gasteiger partial charge < -0.3 is 0 Å². The van der Waals surface area contributed by atoms with E-state index < -0.39 is 0 Å². The molecule has 106 valence electrons. The highest BCUT2D eigenvalue weighted by Crippen LogP contribution is 2.23. The first kappa shape index (κ1) is 14.3. The molecule has 4 nitrogen and oxygen atoms in total. The maximum atomic E-state index is 4.10. The number of hydrogen-bond acceptors (Lipinski definition) is 4. The van der Waals surface area contributed by atoms with Crippen molar-refractivity contribution in [1.82, 2.24) is 20.2 Å². The normalized spacial score (nSPS) is 10.8. The molecule has 0 spiro atoms. The van der Waals surface area contributed by atoms with Gasteiger partial charge >= 0.3 is 0 Å². The fourth-order valence-corrected chi connectivity index (χ4v) is 2.96. The second-order valence-corrected chi connectivity index (χ2v) is 6.48. The number of aromatic nitrogens is 4. The number of halogens is 1. The summed E-state index contributed by atoms with van der Waals surface area (Å²) in [4.78, 5) is 0. The number of tetrazole rings is 1. The first-order chi connectivity index (χ1) is 10.2. The first-order valence-corrected chi connectivity index (χ1v) is 8.23. The summed E-state index contributed by atoms with van der Waals surface area (Å²) in [6.45, 7) is 2.09. The van der Waals surface area contributed by atoms with E-state index in [-0.39, 0.29) is 0 Å². The third kappa shape index (κ3) is 3.51. The van der Waals surface area contributed by atoms with Gasteiger partial charge in [0.05, 0.1) is 5.69 Å². The number of hydrogen-bond donors (Lipinski definition) is 0. The van der Waals surface area contributed by atoms with E-state index in [4.69, 9.17) is 0 Å². The van der Waals surface area contributed by atoms with E-state index in [1.807, 2.05) is 24.3 Å². The molecule has 0 aliphatic heterocycles. The minimum Gasteiger partial charge on any atom is -0.187 e. The smallest absolute Gasteiger partial charge is 0.187 e. The van der Waals surface area contributed by atoms with Crippen LogP contribution in [-0.2, 0) is 5.75 Å². The van der Waals surface area contributed by atoms with Crippen LogP contribution < -0.4 is 0 Å². The van der Waals surface area contributed by atoms with Gasteiger partial charge in [-0.1, -0.05) is 57.5 Å². The maximum Gasteiger partial charge on any atom is 0.214 e. The largest absolute Gasteiger partial charge is 0.214 e. The Morgan fingerprint density at radius 2 is 1.76 bits per heavy atom. The van der Waals surface area contributed by atoms with E-state index in [9.17, 15) is 0 Å². The zero-order chi connectivity index (χ0) is 14.7. The minimum absolute atomic E-state index is 0.790. The lowest BCUT2D eigenvalue weighted by atomic mass is 10.2. The molecule has 0 atom stereocenters. The highest BCUT2D eigenvalue weighted by molar-refractivity contribution is 9.10. The summed E-state index contributed by atoms with van der Waals surface area (Å²) < 4.78 is 2.79. The molecule has 0 aliphatic rings. The van der Waals surface area contributed by atoms with E-state index in [1.54, 1.807) is 16.4 Å². The Labute approximate surface area is 135 Å². The van der Waals surface area contributed by atoms with Crippen molar-refractivity contribution in [2.45, 2.75) is 17.8 Å². The molecule has 0 saturated heterocycles. The highest BCUT2D eigenvalue weighted by Gasteiger charge is 2.09. The molecule has 0 unspecified atom stereocenters. The first-order valence-electron chi connectivity index (χ1n) is 6.45. The van der Waals surface area contributed by atoms with Crippen molar-refractivity contribution < 1.29 is 0 Å². The van der Waals surface area contributed by atoms with Gasteiger partial charge in [0.25, 0.3) is 0 Å². The molecular weight excluding hydrogens is 348 g/mol. The molecule has 6 heteroatoms. The molecule has 0 bridgehead atoms. The van der Waals surface area contributed by atoms with E-state index in [1.165, 1.54) is 11.1 Å². The average Bonchev–Trinajstić information content (AvgIpc) is 2.96. The standard InChI is InChI=1S/C15H13BrN4S/c1-11-2-4-12(5-3-11)10-21-15-17-18-19-20(15)14-8-6-13(16)7-9-14/h2-9H,10H2,1H3. The van der Waals surface area contributed by atoms with Crippen molar-refractivity contribution in [2.24, 2.45) is 0 Å². The molecule has 0 aliphatic carbocycles. The van der Waals surface area contributed by atoms with Crippen LogP contribution in [0.1, 0.15) is 11.1 Å². The summed E-state index contributed by atoms with van der Waals surface area (Å²) in [5.74, 6) is 0.844. The average molecular weight is 361 g/mol. The Morgan fingerprint density at radius 3 is 2.48 bits per heavy atom. The van der Waals surface area contributed by atoms with Gasteiger partial charge in [0.1, 0.15) is 0 Å². The van der Waals surface area contributed by atoms with Crippen LogP contribution in [0, 0.1) is 6.92 Å². The maximum absolute atomic E-state index is 4.10.